The van der Waals surface area contributed by atoms with Gasteiger partial charge < -0.3 is 5.11 Å². The first kappa shape index (κ1) is 15.6. The summed E-state index contributed by atoms with van der Waals surface area (Å²) in [4.78, 5) is 12.3. The van der Waals surface area contributed by atoms with Crippen molar-refractivity contribution in [2.45, 2.75) is 37.3 Å². The third kappa shape index (κ3) is 4.11. The standard InChI is InChI=1S/C18H20O2S/c1-12-4-9-17(13(2)10-12)21-11-15-5-7-16(8-6-15)14(3)18(19)20/h4-10,14H,11H2,1-3H3,(H,19,20). The largest absolute Gasteiger partial charge is 0.481 e. The molecule has 2 aromatic carbocycles. The number of aliphatic carboxylic acids is 1. The molecule has 21 heavy (non-hydrogen) atoms. The van der Waals surface area contributed by atoms with Crippen molar-refractivity contribution in [2.75, 3.05) is 0 Å². The molecular formula is C18H20O2S. The lowest BCUT2D eigenvalue weighted by atomic mass is 10.0. The fraction of sp³-hybridized carbons (Fsp3) is 0.278. The molecule has 0 heterocycles. The van der Waals surface area contributed by atoms with E-state index in [1.165, 1.54) is 21.6 Å². The van der Waals surface area contributed by atoms with E-state index in [4.69, 9.17) is 5.11 Å². The second-order valence-corrected chi connectivity index (χ2v) is 6.38. The van der Waals surface area contributed by atoms with E-state index in [1.807, 2.05) is 36.0 Å². The zero-order valence-corrected chi connectivity index (χ0v) is 13.4. The van der Waals surface area contributed by atoms with E-state index in [0.717, 1.165) is 11.3 Å². The fourth-order valence-corrected chi connectivity index (χ4v) is 3.13. The molecule has 0 saturated heterocycles. The normalized spacial score (nSPS) is 12.1. The van der Waals surface area contributed by atoms with Gasteiger partial charge in [-0.2, -0.15) is 0 Å². The van der Waals surface area contributed by atoms with Crippen molar-refractivity contribution in [2.24, 2.45) is 0 Å². The van der Waals surface area contributed by atoms with Crippen LogP contribution in [0.4, 0.5) is 0 Å². The quantitative estimate of drug-likeness (QED) is 0.807. The number of carboxylic acids is 1. The van der Waals surface area contributed by atoms with Crippen LogP contribution in [0.15, 0.2) is 47.4 Å². The molecule has 0 aliphatic heterocycles. The van der Waals surface area contributed by atoms with Crippen molar-refractivity contribution in [1.82, 2.24) is 0 Å². The molecule has 0 radical (unpaired) electrons. The Hall–Kier alpha value is -1.74. The van der Waals surface area contributed by atoms with E-state index in [-0.39, 0.29) is 0 Å². The summed E-state index contributed by atoms with van der Waals surface area (Å²) in [7, 11) is 0. The summed E-state index contributed by atoms with van der Waals surface area (Å²) in [6, 6.07) is 14.4. The van der Waals surface area contributed by atoms with E-state index >= 15 is 0 Å². The van der Waals surface area contributed by atoms with Crippen molar-refractivity contribution in [3.63, 3.8) is 0 Å². The molecular weight excluding hydrogens is 280 g/mol. The van der Waals surface area contributed by atoms with Crippen LogP contribution in [-0.4, -0.2) is 11.1 Å². The van der Waals surface area contributed by atoms with E-state index in [2.05, 4.69) is 32.0 Å². The van der Waals surface area contributed by atoms with Crippen molar-refractivity contribution in [1.29, 1.82) is 0 Å². The predicted molar refractivity (Wildman–Crippen MR) is 88.0 cm³/mol. The molecule has 1 unspecified atom stereocenters. The van der Waals surface area contributed by atoms with Gasteiger partial charge in [-0.3, -0.25) is 4.79 Å². The molecule has 0 aliphatic carbocycles. The summed E-state index contributed by atoms with van der Waals surface area (Å²) in [6.07, 6.45) is 0. The molecule has 0 aliphatic rings. The Morgan fingerprint density at radius 2 is 1.81 bits per heavy atom. The molecule has 1 N–H and O–H groups in total. The van der Waals surface area contributed by atoms with Crippen LogP contribution in [0.2, 0.25) is 0 Å². The first-order valence-corrected chi connectivity index (χ1v) is 7.97. The van der Waals surface area contributed by atoms with Crippen LogP contribution in [0.25, 0.3) is 0 Å². The van der Waals surface area contributed by atoms with Gasteiger partial charge in [0.15, 0.2) is 0 Å². The monoisotopic (exact) mass is 300 g/mol. The molecule has 0 spiro atoms. The zero-order chi connectivity index (χ0) is 15.4. The molecule has 0 saturated carbocycles. The first-order valence-electron chi connectivity index (χ1n) is 6.99. The molecule has 0 fully saturated rings. The van der Waals surface area contributed by atoms with Crippen LogP contribution < -0.4 is 0 Å². The van der Waals surface area contributed by atoms with Crippen molar-refractivity contribution in [3.8, 4) is 0 Å². The number of rotatable bonds is 5. The smallest absolute Gasteiger partial charge is 0.310 e. The first-order chi connectivity index (χ1) is 9.97. The Morgan fingerprint density at radius 3 is 2.38 bits per heavy atom. The minimum absolute atomic E-state index is 0.453. The lowest BCUT2D eigenvalue weighted by Crippen LogP contribution is -2.07. The van der Waals surface area contributed by atoms with Crippen LogP contribution >= 0.6 is 11.8 Å². The van der Waals surface area contributed by atoms with Crippen molar-refractivity contribution >= 4 is 17.7 Å². The fourth-order valence-electron chi connectivity index (χ4n) is 2.17. The van der Waals surface area contributed by atoms with Crippen LogP contribution in [0.3, 0.4) is 0 Å². The summed E-state index contributed by atoms with van der Waals surface area (Å²) >= 11 is 1.81. The van der Waals surface area contributed by atoms with E-state index in [1.54, 1.807) is 6.92 Å². The molecule has 0 amide bonds. The summed E-state index contributed by atoms with van der Waals surface area (Å²) in [6.45, 7) is 5.94. The summed E-state index contributed by atoms with van der Waals surface area (Å²) in [5.41, 5.74) is 4.64. The van der Waals surface area contributed by atoms with Gasteiger partial charge in [0.05, 0.1) is 5.92 Å². The highest BCUT2D eigenvalue weighted by Crippen LogP contribution is 2.27. The van der Waals surface area contributed by atoms with Crippen LogP contribution in [0, 0.1) is 13.8 Å². The Labute approximate surface area is 130 Å². The molecule has 0 bridgehead atoms. The highest BCUT2D eigenvalue weighted by molar-refractivity contribution is 7.98. The lowest BCUT2D eigenvalue weighted by molar-refractivity contribution is -0.138. The maximum Gasteiger partial charge on any atom is 0.310 e. The number of aryl methyl sites for hydroxylation is 2. The van der Waals surface area contributed by atoms with Crippen LogP contribution in [0.1, 0.15) is 35.1 Å². The minimum Gasteiger partial charge on any atom is -0.481 e. The maximum absolute atomic E-state index is 11.0. The molecule has 0 aromatic heterocycles. The average Bonchev–Trinajstić information content (AvgIpc) is 2.46. The number of hydrogen-bond donors (Lipinski definition) is 1. The van der Waals surface area contributed by atoms with E-state index < -0.39 is 11.9 Å². The molecule has 2 rings (SSSR count). The van der Waals surface area contributed by atoms with Gasteiger partial charge in [0, 0.05) is 10.6 Å². The highest BCUT2D eigenvalue weighted by atomic mass is 32.2. The second-order valence-electron chi connectivity index (χ2n) is 5.36. The van der Waals surface area contributed by atoms with Crippen molar-refractivity contribution < 1.29 is 9.90 Å². The zero-order valence-electron chi connectivity index (χ0n) is 12.6. The summed E-state index contributed by atoms with van der Waals surface area (Å²) in [5, 5.41) is 9.01. The number of hydrogen-bond acceptors (Lipinski definition) is 2. The maximum atomic E-state index is 11.0. The van der Waals surface area contributed by atoms with Gasteiger partial charge in [-0.25, -0.2) is 0 Å². The van der Waals surface area contributed by atoms with Crippen molar-refractivity contribution in [3.05, 3.63) is 64.7 Å². The Bertz CT molecular complexity index is 632. The Morgan fingerprint density at radius 1 is 1.14 bits per heavy atom. The SMILES string of the molecule is Cc1ccc(SCc2ccc(C(C)C(=O)O)cc2)c(C)c1. The van der Waals surface area contributed by atoms with Gasteiger partial charge >= 0.3 is 5.97 Å². The molecule has 3 heteroatoms. The van der Waals surface area contributed by atoms with Gasteiger partial charge in [0.1, 0.15) is 0 Å². The molecule has 2 aromatic rings. The van der Waals surface area contributed by atoms with Gasteiger partial charge in [0.2, 0.25) is 0 Å². The predicted octanol–water partition coefficient (Wildman–Crippen LogP) is 4.78. The second kappa shape index (κ2) is 6.81. The van der Waals surface area contributed by atoms with Gasteiger partial charge in [0.25, 0.3) is 0 Å². The minimum atomic E-state index is -0.785. The number of benzene rings is 2. The lowest BCUT2D eigenvalue weighted by Gasteiger charge is -2.09. The molecule has 110 valence electrons. The van der Waals surface area contributed by atoms with Gasteiger partial charge in [-0.1, -0.05) is 42.0 Å². The van der Waals surface area contributed by atoms with E-state index in [9.17, 15) is 4.79 Å². The number of carbonyl (C=O) groups is 1. The average molecular weight is 300 g/mol. The van der Waals surface area contributed by atoms with E-state index in [0.29, 0.717) is 0 Å². The number of carboxylic acid groups (broad SMARTS) is 1. The van der Waals surface area contributed by atoms with Crippen LogP contribution in [-0.2, 0) is 10.5 Å². The number of thioether (sulfide) groups is 1. The topological polar surface area (TPSA) is 37.3 Å². The Kier molecular flexibility index (Phi) is 5.07. The Balaban J connectivity index is 2.02. The van der Waals surface area contributed by atoms with Crippen LogP contribution in [0.5, 0.6) is 0 Å². The summed E-state index contributed by atoms with van der Waals surface area (Å²) < 4.78 is 0. The molecule has 2 nitrogen and oxygen atoms in total. The van der Waals surface area contributed by atoms with Gasteiger partial charge in [-0.05, 0) is 43.5 Å². The third-order valence-electron chi connectivity index (χ3n) is 3.57. The van der Waals surface area contributed by atoms with Gasteiger partial charge in [-0.15, -0.1) is 11.8 Å². The summed E-state index contributed by atoms with van der Waals surface area (Å²) in [5.74, 6) is -0.343. The molecule has 1 atom stereocenters. The highest BCUT2D eigenvalue weighted by Gasteiger charge is 2.12. The third-order valence-corrected chi connectivity index (χ3v) is 4.82.